The molecule has 0 aliphatic heterocycles. The Hall–Kier alpha value is -1.88. The summed E-state index contributed by atoms with van der Waals surface area (Å²) in [5, 5.41) is 11.6. The van der Waals surface area contributed by atoms with Crippen molar-refractivity contribution < 1.29 is 10.0 Å². The number of pyridine rings is 1. The number of hydroxylamine groups is 1. The molecular formula is C14H21N3O2. The molecule has 1 rings (SSSR count). The molecule has 19 heavy (non-hydrogen) atoms. The van der Waals surface area contributed by atoms with Gasteiger partial charge in [-0.25, -0.2) is 5.48 Å². The van der Waals surface area contributed by atoms with Gasteiger partial charge in [-0.1, -0.05) is 11.6 Å². The van der Waals surface area contributed by atoms with Crippen LogP contribution in [0.2, 0.25) is 0 Å². The number of allylic oxidation sites excluding steroid dienone is 1. The van der Waals surface area contributed by atoms with E-state index in [2.05, 4.69) is 23.3 Å². The Balaban J connectivity index is 2.14. The van der Waals surface area contributed by atoms with Gasteiger partial charge in [0.1, 0.15) is 0 Å². The zero-order chi connectivity index (χ0) is 13.9. The van der Waals surface area contributed by atoms with E-state index in [9.17, 15) is 4.79 Å². The molecule has 0 aromatic carbocycles. The fraction of sp³-hybridized carbons (Fsp3) is 0.429. The van der Waals surface area contributed by atoms with Gasteiger partial charge >= 0.3 is 0 Å². The first-order valence-electron chi connectivity index (χ1n) is 6.45. The van der Waals surface area contributed by atoms with Crippen LogP contribution in [0.5, 0.6) is 0 Å². The van der Waals surface area contributed by atoms with Crippen LogP contribution in [0.25, 0.3) is 0 Å². The SMILES string of the molecule is C/C(=C\CCCCC(=O)NO)CNc1cccnc1. The zero-order valence-electron chi connectivity index (χ0n) is 11.2. The largest absolute Gasteiger partial charge is 0.380 e. The van der Waals surface area contributed by atoms with Crippen LogP contribution in [0.3, 0.4) is 0 Å². The number of amides is 1. The molecular weight excluding hydrogens is 242 g/mol. The van der Waals surface area contributed by atoms with Crippen molar-refractivity contribution in [2.24, 2.45) is 0 Å². The van der Waals surface area contributed by atoms with Gasteiger partial charge in [0.15, 0.2) is 0 Å². The van der Waals surface area contributed by atoms with E-state index >= 15 is 0 Å². The second kappa shape index (κ2) is 9.10. The van der Waals surface area contributed by atoms with Gasteiger partial charge in [-0.15, -0.1) is 0 Å². The summed E-state index contributed by atoms with van der Waals surface area (Å²) in [5.41, 5.74) is 3.90. The molecule has 5 heteroatoms. The molecule has 0 aliphatic carbocycles. The number of unbranched alkanes of at least 4 members (excludes halogenated alkanes) is 2. The first-order valence-corrected chi connectivity index (χ1v) is 6.45. The van der Waals surface area contributed by atoms with E-state index in [4.69, 9.17) is 5.21 Å². The van der Waals surface area contributed by atoms with Crippen LogP contribution in [-0.2, 0) is 4.79 Å². The summed E-state index contributed by atoms with van der Waals surface area (Å²) in [6, 6.07) is 3.88. The van der Waals surface area contributed by atoms with E-state index in [0.717, 1.165) is 31.5 Å². The molecule has 3 N–H and O–H groups in total. The van der Waals surface area contributed by atoms with Crippen molar-refractivity contribution in [1.29, 1.82) is 0 Å². The Morgan fingerprint density at radius 1 is 1.47 bits per heavy atom. The summed E-state index contributed by atoms with van der Waals surface area (Å²) in [6.45, 7) is 2.87. The lowest BCUT2D eigenvalue weighted by molar-refractivity contribution is -0.129. The van der Waals surface area contributed by atoms with Crippen molar-refractivity contribution in [3.63, 3.8) is 0 Å². The van der Waals surface area contributed by atoms with Crippen molar-refractivity contribution >= 4 is 11.6 Å². The summed E-state index contributed by atoms with van der Waals surface area (Å²) in [7, 11) is 0. The summed E-state index contributed by atoms with van der Waals surface area (Å²) < 4.78 is 0. The molecule has 1 amide bonds. The number of carbonyl (C=O) groups is 1. The number of aromatic nitrogens is 1. The van der Waals surface area contributed by atoms with Crippen LogP contribution in [0.15, 0.2) is 36.2 Å². The van der Waals surface area contributed by atoms with E-state index in [-0.39, 0.29) is 5.91 Å². The second-order valence-electron chi connectivity index (χ2n) is 4.43. The van der Waals surface area contributed by atoms with E-state index in [1.165, 1.54) is 5.57 Å². The molecule has 0 saturated carbocycles. The van der Waals surface area contributed by atoms with Gasteiger partial charge in [0, 0.05) is 25.4 Å². The highest BCUT2D eigenvalue weighted by Gasteiger charge is 1.97. The van der Waals surface area contributed by atoms with Crippen molar-refractivity contribution in [2.45, 2.75) is 32.6 Å². The number of hydrogen-bond donors (Lipinski definition) is 3. The Labute approximate surface area is 113 Å². The number of carbonyl (C=O) groups excluding carboxylic acids is 1. The van der Waals surface area contributed by atoms with E-state index in [1.807, 2.05) is 12.1 Å². The van der Waals surface area contributed by atoms with Gasteiger partial charge < -0.3 is 5.32 Å². The minimum absolute atomic E-state index is 0.320. The monoisotopic (exact) mass is 263 g/mol. The minimum atomic E-state index is -0.320. The fourth-order valence-corrected chi connectivity index (χ4v) is 1.62. The second-order valence-corrected chi connectivity index (χ2v) is 4.43. The summed E-state index contributed by atoms with van der Waals surface area (Å²) >= 11 is 0. The van der Waals surface area contributed by atoms with Crippen LogP contribution in [-0.4, -0.2) is 22.6 Å². The topological polar surface area (TPSA) is 74.2 Å². The number of nitrogens with zero attached hydrogens (tertiary/aromatic N) is 1. The average molecular weight is 263 g/mol. The Bertz CT molecular complexity index is 404. The predicted molar refractivity (Wildman–Crippen MR) is 74.9 cm³/mol. The lowest BCUT2D eigenvalue weighted by Gasteiger charge is -2.06. The smallest absolute Gasteiger partial charge is 0.243 e. The Morgan fingerprint density at radius 3 is 3.00 bits per heavy atom. The van der Waals surface area contributed by atoms with Gasteiger partial charge in [0.05, 0.1) is 5.69 Å². The molecule has 1 aromatic heterocycles. The van der Waals surface area contributed by atoms with Crippen molar-refractivity contribution in [3.05, 3.63) is 36.2 Å². The Morgan fingerprint density at radius 2 is 2.32 bits per heavy atom. The molecule has 0 radical (unpaired) electrons. The highest BCUT2D eigenvalue weighted by molar-refractivity contribution is 5.74. The highest BCUT2D eigenvalue weighted by atomic mass is 16.5. The quantitative estimate of drug-likeness (QED) is 0.291. The molecule has 0 atom stereocenters. The van der Waals surface area contributed by atoms with Gasteiger partial charge in [-0.05, 0) is 38.3 Å². The van der Waals surface area contributed by atoms with Gasteiger partial charge in [-0.3, -0.25) is 15.0 Å². The van der Waals surface area contributed by atoms with Crippen LogP contribution >= 0.6 is 0 Å². The lowest BCUT2D eigenvalue weighted by Crippen LogP contribution is -2.17. The van der Waals surface area contributed by atoms with E-state index < -0.39 is 0 Å². The molecule has 0 bridgehead atoms. The van der Waals surface area contributed by atoms with E-state index in [0.29, 0.717) is 6.42 Å². The normalized spacial score (nSPS) is 11.2. The van der Waals surface area contributed by atoms with Gasteiger partial charge in [0.2, 0.25) is 5.91 Å². The summed E-state index contributed by atoms with van der Waals surface area (Å²) in [4.78, 5) is 14.8. The molecule has 0 spiro atoms. The molecule has 104 valence electrons. The number of nitrogens with one attached hydrogen (secondary N) is 2. The molecule has 1 heterocycles. The van der Waals surface area contributed by atoms with E-state index in [1.54, 1.807) is 17.9 Å². The third-order valence-electron chi connectivity index (χ3n) is 2.71. The Kier molecular flexibility index (Phi) is 7.27. The molecule has 1 aromatic rings. The molecule has 0 fully saturated rings. The molecule has 0 aliphatic rings. The van der Waals surface area contributed by atoms with Crippen LogP contribution in [0.4, 0.5) is 5.69 Å². The standard InChI is InChI=1S/C14H21N3O2/c1-12(6-3-2-4-8-14(18)17-19)10-16-13-7-5-9-15-11-13/h5-7,9,11,16,19H,2-4,8,10H2,1H3,(H,17,18)/b12-6+. The average Bonchev–Trinajstić information content (AvgIpc) is 2.45. The van der Waals surface area contributed by atoms with Crippen molar-refractivity contribution in [1.82, 2.24) is 10.5 Å². The third kappa shape index (κ3) is 7.21. The van der Waals surface area contributed by atoms with Crippen LogP contribution < -0.4 is 10.8 Å². The molecule has 0 unspecified atom stereocenters. The number of hydrogen-bond acceptors (Lipinski definition) is 4. The van der Waals surface area contributed by atoms with Crippen molar-refractivity contribution in [3.8, 4) is 0 Å². The lowest BCUT2D eigenvalue weighted by atomic mass is 10.1. The first kappa shape index (κ1) is 15.2. The zero-order valence-corrected chi connectivity index (χ0v) is 11.2. The van der Waals surface area contributed by atoms with Crippen LogP contribution in [0.1, 0.15) is 32.6 Å². The third-order valence-corrected chi connectivity index (χ3v) is 2.71. The minimum Gasteiger partial charge on any atom is -0.380 e. The summed E-state index contributed by atoms with van der Waals surface area (Å²) in [6.07, 6.45) is 8.75. The molecule has 0 saturated heterocycles. The number of rotatable bonds is 8. The van der Waals surface area contributed by atoms with Gasteiger partial charge in [-0.2, -0.15) is 0 Å². The maximum atomic E-state index is 10.8. The molecule has 5 nitrogen and oxygen atoms in total. The maximum Gasteiger partial charge on any atom is 0.243 e. The highest BCUT2D eigenvalue weighted by Crippen LogP contribution is 2.06. The summed E-state index contributed by atoms with van der Waals surface area (Å²) in [5.74, 6) is -0.320. The van der Waals surface area contributed by atoms with Crippen molar-refractivity contribution in [2.75, 3.05) is 11.9 Å². The predicted octanol–water partition coefficient (Wildman–Crippen LogP) is 2.51. The first-order chi connectivity index (χ1) is 9.22. The van der Waals surface area contributed by atoms with Gasteiger partial charge in [0.25, 0.3) is 0 Å². The maximum absolute atomic E-state index is 10.8. The van der Waals surface area contributed by atoms with Crippen LogP contribution in [0, 0.1) is 0 Å². The fourth-order valence-electron chi connectivity index (χ4n) is 1.62. The number of anilines is 1.